The van der Waals surface area contributed by atoms with Gasteiger partial charge in [-0.15, -0.1) is 4.36 Å². The van der Waals surface area contributed by atoms with Crippen molar-refractivity contribution in [2.24, 2.45) is 4.36 Å². The summed E-state index contributed by atoms with van der Waals surface area (Å²) in [5, 5.41) is 8.41. The fourth-order valence-corrected chi connectivity index (χ4v) is 2.10. The van der Waals surface area contributed by atoms with E-state index in [1.807, 2.05) is 6.07 Å². The Morgan fingerprint density at radius 1 is 1.50 bits per heavy atom. The second-order valence-corrected chi connectivity index (χ2v) is 6.96. The van der Waals surface area contributed by atoms with Gasteiger partial charge in [0, 0.05) is 17.9 Å². The summed E-state index contributed by atoms with van der Waals surface area (Å²) in [6.45, 7) is 6.81. The number of rotatable bonds is 3. The summed E-state index contributed by atoms with van der Waals surface area (Å²) < 4.78 is 20.5. The zero-order valence-electron chi connectivity index (χ0n) is 10.1. The number of amides is 1. The van der Waals surface area contributed by atoms with E-state index in [9.17, 15) is 9.00 Å². The van der Waals surface area contributed by atoms with Gasteiger partial charge in [-0.2, -0.15) is 5.26 Å². The highest BCUT2D eigenvalue weighted by Crippen LogP contribution is 2.10. The van der Waals surface area contributed by atoms with Gasteiger partial charge in [0.25, 0.3) is 0 Å². The maximum atomic E-state index is 12.0. The molecule has 0 aromatic heterocycles. The number of carbonyl (C=O) groups is 1. The summed E-state index contributed by atoms with van der Waals surface area (Å²) >= 11 is 0. The van der Waals surface area contributed by atoms with Gasteiger partial charge in [-0.1, -0.05) is 6.92 Å². The third-order valence-electron chi connectivity index (χ3n) is 1.62. The van der Waals surface area contributed by atoms with Gasteiger partial charge in [0.2, 0.25) is 0 Å². The van der Waals surface area contributed by atoms with Crippen LogP contribution in [-0.4, -0.2) is 27.4 Å². The summed E-state index contributed by atoms with van der Waals surface area (Å²) in [6.07, 6.45) is -0.698. The van der Waals surface area contributed by atoms with E-state index >= 15 is 0 Å². The van der Waals surface area contributed by atoms with Crippen molar-refractivity contribution in [2.75, 3.05) is 11.5 Å². The maximum absolute atomic E-state index is 12.0. The van der Waals surface area contributed by atoms with Crippen LogP contribution in [0.5, 0.6) is 0 Å². The lowest BCUT2D eigenvalue weighted by Crippen LogP contribution is -2.23. The molecule has 0 spiro atoms. The molecule has 0 saturated carbocycles. The Labute approximate surface area is 97.0 Å². The van der Waals surface area contributed by atoms with Crippen LogP contribution in [0.25, 0.3) is 0 Å². The first-order valence-electron chi connectivity index (χ1n) is 5.05. The van der Waals surface area contributed by atoms with Gasteiger partial charge in [-0.3, -0.25) is 0 Å². The lowest BCUT2D eigenvalue weighted by Gasteiger charge is -2.17. The van der Waals surface area contributed by atoms with E-state index < -0.39 is 21.4 Å². The molecule has 0 saturated heterocycles. The van der Waals surface area contributed by atoms with Crippen LogP contribution in [0.3, 0.4) is 0 Å². The van der Waals surface area contributed by atoms with Crippen LogP contribution in [-0.2, 0) is 14.5 Å². The second kappa shape index (κ2) is 5.85. The van der Waals surface area contributed by atoms with Gasteiger partial charge in [0.05, 0.1) is 15.8 Å². The highest BCUT2D eigenvalue weighted by molar-refractivity contribution is 7.93. The molecule has 0 aromatic carbocycles. The van der Waals surface area contributed by atoms with Gasteiger partial charge >= 0.3 is 6.09 Å². The van der Waals surface area contributed by atoms with Crippen LogP contribution in [0.2, 0.25) is 0 Å². The summed E-state index contributed by atoms with van der Waals surface area (Å²) in [5.41, 5.74) is -0.649. The Morgan fingerprint density at radius 2 is 2.06 bits per heavy atom. The largest absolute Gasteiger partial charge is 0.442 e. The normalized spacial score (nSPS) is 14.7. The van der Waals surface area contributed by atoms with Gasteiger partial charge in [0.1, 0.15) is 5.60 Å². The second-order valence-electron chi connectivity index (χ2n) is 4.25. The van der Waals surface area contributed by atoms with Crippen LogP contribution in [0.4, 0.5) is 4.79 Å². The number of hydrogen-bond acceptors (Lipinski definition) is 4. The molecule has 0 N–H and O–H groups in total. The third-order valence-corrected chi connectivity index (χ3v) is 3.84. The summed E-state index contributed by atoms with van der Waals surface area (Å²) in [6, 6.07) is 1.89. The Bertz CT molecular complexity index is 395. The SMILES string of the molecule is CCS(=O)(CCC#N)=NC(=O)OC(C)(C)C. The van der Waals surface area contributed by atoms with Crippen molar-refractivity contribution in [3.8, 4) is 6.07 Å². The Kier molecular flexibility index (Phi) is 5.45. The lowest BCUT2D eigenvalue weighted by atomic mass is 10.2. The first-order chi connectivity index (χ1) is 7.22. The van der Waals surface area contributed by atoms with Crippen LogP contribution in [0, 0.1) is 11.3 Å². The van der Waals surface area contributed by atoms with Gasteiger partial charge in [-0.25, -0.2) is 9.00 Å². The first-order valence-corrected chi connectivity index (χ1v) is 6.90. The molecule has 92 valence electrons. The molecule has 0 heterocycles. The van der Waals surface area contributed by atoms with Gasteiger partial charge < -0.3 is 4.74 Å². The van der Waals surface area contributed by atoms with Crippen LogP contribution in [0.1, 0.15) is 34.1 Å². The number of nitriles is 1. The van der Waals surface area contributed by atoms with Gasteiger partial charge in [-0.05, 0) is 20.8 Å². The van der Waals surface area contributed by atoms with E-state index in [1.54, 1.807) is 27.7 Å². The quantitative estimate of drug-likeness (QED) is 0.765. The molecule has 0 aromatic rings. The topological polar surface area (TPSA) is 79.5 Å². The molecular weight excluding hydrogens is 228 g/mol. The molecule has 0 fully saturated rings. The molecule has 0 bridgehead atoms. The van der Waals surface area contributed by atoms with E-state index in [4.69, 9.17) is 10.00 Å². The number of nitrogens with zero attached hydrogens (tertiary/aromatic N) is 2. The van der Waals surface area contributed by atoms with Crippen molar-refractivity contribution in [3.63, 3.8) is 0 Å². The standard InChI is InChI=1S/C10H18N2O3S/c1-5-16(14,8-6-7-11)12-9(13)15-10(2,3)4/h5-6,8H2,1-4H3. The van der Waals surface area contributed by atoms with Crippen molar-refractivity contribution < 1.29 is 13.7 Å². The first kappa shape index (κ1) is 14.9. The molecule has 1 unspecified atom stereocenters. The molecule has 1 atom stereocenters. The lowest BCUT2D eigenvalue weighted by molar-refractivity contribution is 0.0607. The molecule has 0 rings (SSSR count). The molecule has 0 radical (unpaired) electrons. The Balaban J connectivity index is 4.77. The van der Waals surface area contributed by atoms with E-state index in [0.717, 1.165) is 0 Å². The van der Waals surface area contributed by atoms with Crippen LogP contribution < -0.4 is 0 Å². The summed E-state index contributed by atoms with van der Waals surface area (Å²) in [4.78, 5) is 11.3. The molecule has 16 heavy (non-hydrogen) atoms. The zero-order chi connectivity index (χ0) is 12.8. The fourth-order valence-electron chi connectivity index (χ4n) is 0.876. The highest BCUT2D eigenvalue weighted by atomic mass is 32.2. The van der Waals surface area contributed by atoms with Crippen molar-refractivity contribution >= 4 is 15.8 Å². The molecule has 6 heteroatoms. The molecule has 0 aliphatic heterocycles. The van der Waals surface area contributed by atoms with Crippen LogP contribution in [0.15, 0.2) is 4.36 Å². The summed E-state index contributed by atoms with van der Waals surface area (Å²) in [7, 11) is -2.63. The van der Waals surface area contributed by atoms with Crippen molar-refractivity contribution in [1.29, 1.82) is 5.26 Å². The van der Waals surface area contributed by atoms with E-state index in [-0.39, 0.29) is 17.9 Å². The predicted molar refractivity (Wildman–Crippen MR) is 62.4 cm³/mol. The average molecular weight is 246 g/mol. The minimum absolute atomic E-state index is 0.110. The smallest absolute Gasteiger partial charge is 0.442 e. The van der Waals surface area contributed by atoms with Crippen molar-refractivity contribution in [1.82, 2.24) is 0 Å². The van der Waals surface area contributed by atoms with E-state index in [0.29, 0.717) is 0 Å². The Morgan fingerprint density at radius 3 is 2.44 bits per heavy atom. The summed E-state index contributed by atoms with van der Waals surface area (Å²) in [5.74, 6) is 0.354. The number of ether oxygens (including phenoxy) is 1. The Hall–Kier alpha value is -1.09. The maximum Gasteiger partial charge on any atom is 0.442 e. The van der Waals surface area contributed by atoms with E-state index in [1.165, 1.54) is 0 Å². The van der Waals surface area contributed by atoms with Crippen molar-refractivity contribution in [3.05, 3.63) is 0 Å². The molecular formula is C10H18N2O3S. The average Bonchev–Trinajstić information content (AvgIpc) is 2.11. The number of hydrogen-bond donors (Lipinski definition) is 0. The third kappa shape index (κ3) is 6.40. The van der Waals surface area contributed by atoms with E-state index in [2.05, 4.69) is 4.36 Å². The zero-order valence-corrected chi connectivity index (χ0v) is 11.0. The van der Waals surface area contributed by atoms with Gasteiger partial charge in [0.15, 0.2) is 0 Å². The molecule has 5 nitrogen and oxygen atoms in total. The monoisotopic (exact) mass is 246 g/mol. The molecule has 0 aliphatic carbocycles. The molecule has 0 aliphatic rings. The minimum atomic E-state index is -2.63. The van der Waals surface area contributed by atoms with Crippen LogP contribution >= 0.6 is 0 Å². The fraction of sp³-hybridized carbons (Fsp3) is 0.800. The van der Waals surface area contributed by atoms with Crippen molar-refractivity contribution in [2.45, 2.75) is 39.7 Å². The highest BCUT2D eigenvalue weighted by Gasteiger charge is 2.18. The molecule has 1 amide bonds. The number of carbonyl (C=O) groups excluding carboxylic acids is 1. The predicted octanol–water partition coefficient (Wildman–Crippen LogP) is 2.32. The minimum Gasteiger partial charge on any atom is -0.442 e.